The number of hydrogen-bond donors (Lipinski definition) is 2. The zero-order valence-electron chi connectivity index (χ0n) is 14.8. The van der Waals surface area contributed by atoms with Crippen molar-refractivity contribution in [2.75, 3.05) is 19.0 Å². The summed E-state index contributed by atoms with van der Waals surface area (Å²) >= 11 is 0. The Bertz CT molecular complexity index is 1120. The molecule has 1 atom stereocenters. The Morgan fingerprint density at radius 2 is 2.22 bits per heavy atom. The Balaban J connectivity index is 1.50. The third-order valence-corrected chi connectivity index (χ3v) is 4.88. The second kappa shape index (κ2) is 6.24. The maximum Gasteiger partial charge on any atom is 0.224 e. The molecule has 0 aliphatic heterocycles. The first kappa shape index (κ1) is 16.1. The van der Waals surface area contributed by atoms with Crippen molar-refractivity contribution in [2.24, 2.45) is 5.92 Å². The van der Waals surface area contributed by atoms with Gasteiger partial charge in [0.2, 0.25) is 5.88 Å². The highest BCUT2D eigenvalue weighted by Gasteiger charge is 2.29. The molecule has 1 fully saturated rings. The third kappa shape index (κ3) is 2.87. The first-order valence-corrected chi connectivity index (χ1v) is 8.92. The number of ether oxygens (including phenoxy) is 1. The van der Waals surface area contributed by atoms with E-state index in [2.05, 4.69) is 20.4 Å². The Morgan fingerprint density at radius 3 is 3.04 bits per heavy atom. The van der Waals surface area contributed by atoms with Crippen molar-refractivity contribution in [2.45, 2.75) is 18.9 Å². The van der Waals surface area contributed by atoms with Crippen LogP contribution in [0.4, 0.5) is 5.82 Å². The van der Waals surface area contributed by atoms with Gasteiger partial charge in [-0.2, -0.15) is 0 Å². The van der Waals surface area contributed by atoms with E-state index < -0.39 is 0 Å². The molecule has 1 aliphatic rings. The summed E-state index contributed by atoms with van der Waals surface area (Å²) < 4.78 is 13.0. The monoisotopic (exact) mass is 365 g/mol. The van der Waals surface area contributed by atoms with E-state index in [4.69, 9.17) is 9.15 Å². The highest BCUT2D eigenvalue weighted by atomic mass is 16.5. The molecule has 4 aromatic heterocycles. The molecule has 4 aromatic rings. The zero-order chi connectivity index (χ0) is 18.4. The van der Waals surface area contributed by atoms with Crippen LogP contribution < -0.4 is 10.1 Å². The molecule has 1 aliphatic carbocycles. The van der Waals surface area contributed by atoms with Crippen LogP contribution in [0.5, 0.6) is 5.88 Å². The molecule has 0 aromatic carbocycles. The van der Waals surface area contributed by atoms with Crippen LogP contribution in [0.25, 0.3) is 28.1 Å². The average Bonchev–Trinajstić information content (AvgIpc) is 3.32. The van der Waals surface area contributed by atoms with E-state index in [1.54, 1.807) is 30.1 Å². The van der Waals surface area contributed by atoms with Crippen molar-refractivity contribution in [1.29, 1.82) is 0 Å². The van der Waals surface area contributed by atoms with Crippen LogP contribution in [-0.2, 0) is 0 Å². The van der Waals surface area contributed by atoms with Gasteiger partial charge < -0.3 is 19.6 Å². The minimum absolute atomic E-state index is 0.333. The molecule has 2 N–H and O–H groups in total. The largest absolute Gasteiger partial charge is 0.480 e. The number of aromatic nitrogens is 4. The Labute approximate surface area is 154 Å². The lowest BCUT2D eigenvalue weighted by molar-refractivity contribution is 0.164. The fraction of sp³-hybridized carbons (Fsp3) is 0.316. The van der Waals surface area contributed by atoms with Crippen LogP contribution in [0.15, 0.2) is 41.1 Å². The molecule has 0 amide bonds. The summed E-state index contributed by atoms with van der Waals surface area (Å²) in [5.74, 6) is 2.24. The highest BCUT2D eigenvalue weighted by molar-refractivity contribution is 5.86. The standard InChI is InChI=1S/C19H19N5O3/c1-26-19-12-8-16(27-15(12)6-7-20-19)13-9-22-18-5-4-17(23-24(13)18)21-10-14(25)11-2-3-11/h4-9,11,14,25H,2-3,10H2,1H3,(H,21,23). The average molecular weight is 365 g/mol. The number of fused-ring (bicyclic) bond motifs is 2. The van der Waals surface area contributed by atoms with E-state index in [1.165, 1.54) is 0 Å². The van der Waals surface area contributed by atoms with Gasteiger partial charge in [-0.25, -0.2) is 14.5 Å². The minimum Gasteiger partial charge on any atom is -0.480 e. The predicted octanol–water partition coefficient (Wildman–Crippen LogP) is 2.73. The number of hydrogen-bond acceptors (Lipinski definition) is 7. The number of aliphatic hydroxyl groups is 1. The van der Waals surface area contributed by atoms with Crippen molar-refractivity contribution in [3.8, 4) is 17.3 Å². The van der Waals surface area contributed by atoms with E-state index in [0.29, 0.717) is 41.2 Å². The van der Waals surface area contributed by atoms with Gasteiger partial charge in [-0.05, 0) is 37.0 Å². The molecule has 8 heteroatoms. The summed E-state index contributed by atoms with van der Waals surface area (Å²) in [6.07, 6.45) is 5.24. The summed E-state index contributed by atoms with van der Waals surface area (Å²) in [5.41, 5.74) is 2.13. The van der Waals surface area contributed by atoms with Crippen molar-refractivity contribution < 1.29 is 14.3 Å². The van der Waals surface area contributed by atoms with E-state index in [1.807, 2.05) is 18.2 Å². The molecule has 1 saturated carbocycles. The van der Waals surface area contributed by atoms with Crippen LogP contribution >= 0.6 is 0 Å². The summed E-state index contributed by atoms with van der Waals surface area (Å²) in [5, 5.41) is 18.6. The van der Waals surface area contributed by atoms with Gasteiger partial charge in [0.15, 0.2) is 11.4 Å². The van der Waals surface area contributed by atoms with Crippen LogP contribution in [0.1, 0.15) is 12.8 Å². The number of nitrogens with one attached hydrogen (secondary N) is 1. The first-order valence-electron chi connectivity index (χ1n) is 8.92. The number of imidazole rings is 1. The molecule has 8 nitrogen and oxygen atoms in total. The molecule has 4 heterocycles. The summed E-state index contributed by atoms with van der Waals surface area (Å²) in [7, 11) is 1.58. The van der Waals surface area contributed by atoms with Crippen molar-refractivity contribution in [3.05, 3.63) is 36.7 Å². The third-order valence-electron chi connectivity index (χ3n) is 4.88. The molecule has 0 radical (unpaired) electrons. The van der Waals surface area contributed by atoms with E-state index in [-0.39, 0.29) is 6.10 Å². The highest BCUT2D eigenvalue weighted by Crippen LogP contribution is 2.33. The fourth-order valence-corrected chi connectivity index (χ4v) is 3.22. The normalized spacial score (nSPS) is 15.3. The molecule has 138 valence electrons. The van der Waals surface area contributed by atoms with Crippen LogP contribution in [-0.4, -0.2) is 44.4 Å². The molecule has 0 bridgehead atoms. The van der Waals surface area contributed by atoms with Gasteiger partial charge in [-0.3, -0.25) is 0 Å². The van der Waals surface area contributed by atoms with Gasteiger partial charge in [-0.1, -0.05) is 0 Å². The number of methoxy groups -OCH3 is 1. The minimum atomic E-state index is -0.333. The molecular weight excluding hydrogens is 346 g/mol. The quantitative estimate of drug-likeness (QED) is 0.542. The maximum atomic E-state index is 10.0. The topological polar surface area (TPSA) is 97.7 Å². The summed E-state index contributed by atoms with van der Waals surface area (Å²) in [6.45, 7) is 0.487. The summed E-state index contributed by atoms with van der Waals surface area (Å²) in [4.78, 5) is 8.60. The number of anilines is 1. The number of aliphatic hydroxyl groups excluding tert-OH is 1. The van der Waals surface area contributed by atoms with Crippen molar-refractivity contribution in [3.63, 3.8) is 0 Å². The number of nitrogens with zero attached hydrogens (tertiary/aromatic N) is 4. The molecule has 0 spiro atoms. The lowest BCUT2D eigenvalue weighted by Crippen LogP contribution is -2.22. The number of furan rings is 1. The Hall–Kier alpha value is -3.13. The molecular formula is C19H19N5O3. The van der Waals surface area contributed by atoms with E-state index in [9.17, 15) is 5.11 Å². The van der Waals surface area contributed by atoms with E-state index in [0.717, 1.165) is 23.9 Å². The van der Waals surface area contributed by atoms with Gasteiger partial charge in [0, 0.05) is 18.8 Å². The Kier molecular flexibility index (Phi) is 3.71. The van der Waals surface area contributed by atoms with Crippen LogP contribution in [0, 0.1) is 5.92 Å². The lowest BCUT2D eigenvalue weighted by atomic mass is 10.2. The van der Waals surface area contributed by atoms with Gasteiger partial charge >= 0.3 is 0 Å². The van der Waals surface area contributed by atoms with Crippen molar-refractivity contribution in [1.82, 2.24) is 19.6 Å². The molecule has 1 unspecified atom stereocenters. The fourth-order valence-electron chi connectivity index (χ4n) is 3.22. The zero-order valence-corrected chi connectivity index (χ0v) is 14.8. The lowest BCUT2D eigenvalue weighted by Gasteiger charge is -2.11. The predicted molar refractivity (Wildman–Crippen MR) is 99.8 cm³/mol. The smallest absolute Gasteiger partial charge is 0.224 e. The molecule has 0 saturated heterocycles. The second-order valence-electron chi connectivity index (χ2n) is 6.76. The molecule has 5 rings (SSSR count). The van der Waals surface area contributed by atoms with Gasteiger partial charge in [0.1, 0.15) is 17.1 Å². The second-order valence-corrected chi connectivity index (χ2v) is 6.76. The summed E-state index contributed by atoms with van der Waals surface area (Å²) in [6, 6.07) is 7.41. The van der Waals surface area contributed by atoms with Gasteiger partial charge in [0.25, 0.3) is 0 Å². The number of rotatable bonds is 6. The van der Waals surface area contributed by atoms with Gasteiger partial charge in [0.05, 0.1) is 24.8 Å². The van der Waals surface area contributed by atoms with Crippen LogP contribution in [0.2, 0.25) is 0 Å². The maximum absolute atomic E-state index is 10.0. The number of pyridine rings is 1. The first-order chi connectivity index (χ1) is 13.2. The Morgan fingerprint density at radius 1 is 1.33 bits per heavy atom. The molecule has 27 heavy (non-hydrogen) atoms. The van der Waals surface area contributed by atoms with Crippen molar-refractivity contribution >= 4 is 22.4 Å². The van der Waals surface area contributed by atoms with E-state index >= 15 is 0 Å². The van der Waals surface area contributed by atoms with Gasteiger partial charge in [-0.15, -0.1) is 5.10 Å². The SMILES string of the molecule is COc1nccc2oc(-c3cnc4ccc(NCC(O)C5CC5)nn34)cc12. The van der Waals surface area contributed by atoms with Crippen LogP contribution in [0.3, 0.4) is 0 Å².